The predicted octanol–water partition coefficient (Wildman–Crippen LogP) is 0.469. The van der Waals surface area contributed by atoms with Crippen LogP contribution in [0.1, 0.15) is 12.5 Å². The number of nitrogens with two attached hydrogens (primary N) is 1. The first-order valence-corrected chi connectivity index (χ1v) is 4.38. The van der Waals surface area contributed by atoms with E-state index in [4.69, 9.17) is 16.2 Å². The normalized spacial score (nSPS) is 13.9. The van der Waals surface area contributed by atoms with Crippen molar-refractivity contribution in [3.05, 3.63) is 35.9 Å². The van der Waals surface area contributed by atoms with Gasteiger partial charge in [-0.05, 0) is 12.5 Å². The maximum atomic E-state index is 11.1. The Bertz CT molecular complexity index is 378. The molecule has 1 unspecified atom stereocenters. The van der Waals surface area contributed by atoms with E-state index in [2.05, 4.69) is 5.32 Å². The molecule has 0 amide bonds. The van der Waals surface area contributed by atoms with Gasteiger partial charge in [-0.25, -0.2) is 4.79 Å². The van der Waals surface area contributed by atoms with E-state index in [-0.39, 0.29) is 5.96 Å². The van der Waals surface area contributed by atoms with Gasteiger partial charge < -0.3 is 16.2 Å². The molecule has 1 atom stereocenters. The number of hydrogen-bond donors (Lipinski definition) is 4. The van der Waals surface area contributed by atoms with Crippen molar-refractivity contribution < 1.29 is 9.90 Å². The number of benzene rings is 1. The van der Waals surface area contributed by atoms with Crippen LogP contribution in [0, 0.1) is 5.41 Å². The van der Waals surface area contributed by atoms with Crippen LogP contribution >= 0.6 is 0 Å². The molecule has 5 N–H and O–H groups in total. The van der Waals surface area contributed by atoms with Crippen molar-refractivity contribution in [1.29, 1.82) is 5.41 Å². The number of carboxylic acids is 1. The van der Waals surface area contributed by atoms with Gasteiger partial charge >= 0.3 is 5.97 Å². The summed E-state index contributed by atoms with van der Waals surface area (Å²) in [5.74, 6) is -1.45. The Morgan fingerprint density at radius 3 is 2.40 bits per heavy atom. The molecule has 0 aliphatic heterocycles. The summed E-state index contributed by atoms with van der Waals surface area (Å²) in [6.07, 6.45) is 0. The van der Waals surface area contributed by atoms with E-state index < -0.39 is 11.5 Å². The minimum atomic E-state index is -1.37. The molecule has 0 aliphatic rings. The number of carboxylic acid groups (broad SMARTS) is 1. The van der Waals surface area contributed by atoms with E-state index in [1.54, 1.807) is 30.3 Å². The Kier molecular flexibility index (Phi) is 2.94. The van der Waals surface area contributed by atoms with Crippen LogP contribution in [0.25, 0.3) is 0 Å². The lowest BCUT2D eigenvalue weighted by Gasteiger charge is -2.26. The Morgan fingerprint density at radius 2 is 2.00 bits per heavy atom. The summed E-state index contributed by atoms with van der Waals surface area (Å²) < 4.78 is 0. The number of guanidine groups is 1. The van der Waals surface area contributed by atoms with Crippen molar-refractivity contribution >= 4 is 11.9 Å². The Balaban J connectivity index is 3.13. The summed E-state index contributed by atoms with van der Waals surface area (Å²) >= 11 is 0. The van der Waals surface area contributed by atoms with Gasteiger partial charge in [0.1, 0.15) is 0 Å². The minimum Gasteiger partial charge on any atom is -0.479 e. The molecule has 0 bridgehead atoms. The molecule has 0 aliphatic carbocycles. The fourth-order valence-corrected chi connectivity index (χ4v) is 1.29. The van der Waals surface area contributed by atoms with Gasteiger partial charge in [-0.2, -0.15) is 0 Å². The lowest BCUT2D eigenvalue weighted by molar-refractivity contribution is -0.143. The van der Waals surface area contributed by atoms with Crippen LogP contribution in [0.5, 0.6) is 0 Å². The van der Waals surface area contributed by atoms with Gasteiger partial charge in [-0.15, -0.1) is 0 Å². The van der Waals surface area contributed by atoms with Gasteiger partial charge in [0.05, 0.1) is 0 Å². The molecule has 5 heteroatoms. The van der Waals surface area contributed by atoms with Crippen molar-refractivity contribution in [3.8, 4) is 0 Å². The average molecular weight is 207 g/mol. The second kappa shape index (κ2) is 4.00. The van der Waals surface area contributed by atoms with E-state index in [9.17, 15) is 4.79 Å². The Hall–Kier alpha value is -2.04. The molecule has 5 nitrogen and oxygen atoms in total. The van der Waals surface area contributed by atoms with E-state index in [0.717, 1.165) is 0 Å². The molecular weight excluding hydrogens is 194 g/mol. The lowest BCUT2D eigenvalue weighted by Crippen LogP contribution is -2.51. The smallest absolute Gasteiger partial charge is 0.333 e. The SMILES string of the molecule is CC(NC(=N)N)(C(=O)O)c1ccccc1. The summed E-state index contributed by atoms with van der Waals surface area (Å²) in [6, 6.07) is 8.60. The quantitative estimate of drug-likeness (QED) is 0.427. The van der Waals surface area contributed by atoms with Gasteiger partial charge in [-0.3, -0.25) is 5.41 Å². The first-order chi connectivity index (χ1) is 6.97. The third-order valence-corrected chi connectivity index (χ3v) is 2.16. The number of rotatable bonds is 3. The van der Waals surface area contributed by atoms with Crippen LogP contribution in [0.4, 0.5) is 0 Å². The number of hydrogen-bond acceptors (Lipinski definition) is 2. The monoisotopic (exact) mass is 207 g/mol. The highest BCUT2D eigenvalue weighted by molar-refractivity contribution is 5.87. The molecule has 0 radical (unpaired) electrons. The van der Waals surface area contributed by atoms with E-state index in [0.29, 0.717) is 5.56 Å². The summed E-state index contributed by atoms with van der Waals surface area (Å²) in [5.41, 5.74) is 4.34. The molecule has 1 aromatic carbocycles. The molecule has 80 valence electrons. The molecule has 0 aromatic heterocycles. The molecular formula is C10H13N3O2. The van der Waals surface area contributed by atoms with Gasteiger partial charge in [-0.1, -0.05) is 30.3 Å². The second-order valence-electron chi connectivity index (χ2n) is 3.33. The summed E-state index contributed by atoms with van der Waals surface area (Å²) in [4.78, 5) is 11.1. The zero-order valence-corrected chi connectivity index (χ0v) is 8.32. The summed E-state index contributed by atoms with van der Waals surface area (Å²) in [7, 11) is 0. The van der Waals surface area contributed by atoms with Gasteiger partial charge in [0.15, 0.2) is 11.5 Å². The zero-order valence-electron chi connectivity index (χ0n) is 8.32. The molecule has 0 heterocycles. The van der Waals surface area contributed by atoms with Crippen LogP contribution in [-0.4, -0.2) is 17.0 Å². The topological polar surface area (TPSA) is 99.2 Å². The lowest BCUT2D eigenvalue weighted by atomic mass is 9.92. The van der Waals surface area contributed by atoms with Gasteiger partial charge in [0.2, 0.25) is 0 Å². The van der Waals surface area contributed by atoms with Crippen molar-refractivity contribution in [2.24, 2.45) is 5.73 Å². The standard InChI is InChI=1S/C10H13N3O2/c1-10(8(14)15,13-9(11)12)7-5-3-2-4-6-7/h2-6H,1H3,(H,14,15)(H4,11,12,13). The van der Waals surface area contributed by atoms with Crippen LogP contribution in [0.3, 0.4) is 0 Å². The van der Waals surface area contributed by atoms with E-state index in [1.165, 1.54) is 6.92 Å². The minimum absolute atomic E-state index is 0.372. The number of nitrogens with one attached hydrogen (secondary N) is 2. The summed E-state index contributed by atoms with van der Waals surface area (Å²) in [6.45, 7) is 1.46. The number of carbonyl (C=O) groups is 1. The summed E-state index contributed by atoms with van der Waals surface area (Å²) in [5, 5.41) is 18.6. The van der Waals surface area contributed by atoms with E-state index >= 15 is 0 Å². The molecule has 1 aromatic rings. The molecule has 0 fully saturated rings. The first-order valence-electron chi connectivity index (χ1n) is 4.38. The first kappa shape index (κ1) is 11.0. The third kappa shape index (κ3) is 2.25. The van der Waals surface area contributed by atoms with Gasteiger partial charge in [0.25, 0.3) is 0 Å². The molecule has 15 heavy (non-hydrogen) atoms. The third-order valence-electron chi connectivity index (χ3n) is 2.16. The molecule has 0 saturated carbocycles. The van der Waals surface area contributed by atoms with Crippen LogP contribution in [-0.2, 0) is 10.3 Å². The average Bonchev–Trinajstić information content (AvgIpc) is 2.17. The highest BCUT2D eigenvalue weighted by Crippen LogP contribution is 2.20. The highest BCUT2D eigenvalue weighted by Gasteiger charge is 2.35. The fraction of sp³-hybridized carbons (Fsp3) is 0.200. The maximum absolute atomic E-state index is 11.1. The molecule has 0 saturated heterocycles. The molecule has 0 spiro atoms. The number of aliphatic carboxylic acids is 1. The van der Waals surface area contributed by atoms with Crippen molar-refractivity contribution in [3.63, 3.8) is 0 Å². The van der Waals surface area contributed by atoms with Crippen molar-refractivity contribution in [2.75, 3.05) is 0 Å². The zero-order chi connectivity index (χ0) is 11.5. The second-order valence-corrected chi connectivity index (χ2v) is 3.33. The Morgan fingerprint density at radius 1 is 1.47 bits per heavy atom. The van der Waals surface area contributed by atoms with Crippen LogP contribution in [0.15, 0.2) is 30.3 Å². The van der Waals surface area contributed by atoms with Gasteiger partial charge in [0, 0.05) is 0 Å². The van der Waals surface area contributed by atoms with Crippen molar-refractivity contribution in [1.82, 2.24) is 5.32 Å². The van der Waals surface area contributed by atoms with E-state index in [1.807, 2.05) is 0 Å². The van der Waals surface area contributed by atoms with Crippen molar-refractivity contribution in [2.45, 2.75) is 12.5 Å². The Labute approximate surface area is 87.4 Å². The predicted molar refractivity (Wildman–Crippen MR) is 56.5 cm³/mol. The highest BCUT2D eigenvalue weighted by atomic mass is 16.4. The van der Waals surface area contributed by atoms with Crippen LogP contribution in [0.2, 0.25) is 0 Å². The van der Waals surface area contributed by atoms with Crippen LogP contribution < -0.4 is 11.1 Å². The molecule has 1 rings (SSSR count). The maximum Gasteiger partial charge on any atom is 0.333 e. The largest absolute Gasteiger partial charge is 0.479 e. The fourth-order valence-electron chi connectivity index (χ4n) is 1.29.